The molecule has 1 N–H and O–H groups in total. The number of benzene rings is 1. The number of aryl methyl sites for hydroxylation is 1. The summed E-state index contributed by atoms with van der Waals surface area (Å²) in [6, 6.07) is 10.3. The number of likely N-dealkylation sites (tertiary alicyclic amines) is 1. The molecule has 32 heavy (non-hydrogen) atoms. The predicted molar refractivity (Wildman–Crippen MR) is 120 cm³/mol. The topological polar surface area (TPSA) is 112 Å². The lowest BCUT2D eigenvalue weighted by molar-refractivity contribution is -0.138. The molecule has 0 aliphatic carbocycles. The summed E-state index contributed by atoms with van der Waals surface area (Å²) in [5.74, 6) is 0.00299. The number of hydrogen-bond acceptors (Lipinski definition) is 6. The second-order valence-electron chi connectivity index (χ2n) is 8.13. The molecule has 10 heteroatoms. The first kappa shape index (κ1) is 21.9. The van der Waals surface area contributed by atoms with Crippen molar-refractivity contribution in [2.45, 2.75) is 24.7 Å². The molecule has 3 heterocycles. The van der Waals surface area contributed by atoms with Gasteiger partial charge in [-0.25, -0.2) is 4.98 Å². The number of rotatable bonds is 4. The maximum atomic E-state index is 13.0. The number of piperidine rings is 1. The molecule has 9 nitrogen and oxygen atoms in total. The summed E-state index contributed by atoms with van der Waals surface area (Å²) in [4.78, 5) is 32.9. The highest BCUT2D eigenvalue weighted by atomic mass is 32.2. The maximum absolute atomic E-state index is 13.0. The van der Waals surface area contributed by atoms with Crippen LogP contribution in [-0.2, 0) is 19.6 Å². The summed E-state index contributed by atoms with van der Waals surface area (Å²) in [5, 5.41) is 2.70. The fourth-order valence-electron chi connectivity index (χ4n) is 4.08. The van der Waals surface area contributed by atoms with Crippen LogP contribution in [0.1, 0.15) is 24.0 Å². The third-order valence-electron chi connectivity index (χ3n) is 5.62. The molecule has 1 atom stereocenters. The van der Waals surface area contributed by atoms with E-state index in [0.717, 1.165) is 12.0 Å². The highest BCUT2D eigenvalue weighted by Gasteiger charge is 2.36. The van der Waals surface area contributed by atoms with Crippen LogP contribution >= 0.6 is 0 Å². The van der Waals surface area contributed by atoms with E-state index in [1.165, 1.54) is 4.90 Å². The molecule has 168 valence electrons. The van der Waals surface area contributed by atoms with Crippen LogP contribution in [0.2, 0.25) is 0 Å². The summed E-state index contributed by atoms with van der Waals surface area (Å²) in [7, 11) is -2.12. The molecule has 0 radical (unpaired) electrons. The summed E-state index contributed by atoms with van der Waals surface area (Å²) in [6.45, 7) is 2.78. The van der Waals surface area contributed by atoms with Crippen molar-refractivity contribution in [2.24, 2.45) is 10.3 Å². The Hall–Kier alpha value is -3.27. The maximum Gasteiger partial charge on any atom is 0.285 e. The highest BCUT2D eigenvalue weighted by molar-refractivity contribution is 7.90. The smallest absolute Gasteiger partial charge is 0.285 e. The number of aromatic nitrogens is 1. The summed E-state index contributed by atoms with van der Waals surface area (Å²) >= 11 is 0. The third-order valence-corrected chi connectivity index (χ3v) is 6.95. The van der Waals surface area contributed by atoms with E-state index in [9.17, 15) is 18.0 Å². The van der Waals surface area contributed by atoms with Gasteiger partial charge in [0.15, 0.2) is 5.84 Å². The number of nitrogens with zero attached hydrogens (tertiary/aromatic N) is 4. The lowest BCUT2D eigenvalue weighted by Crippen LogP contribution is -2.47. The van der Waals surface area contributed by atoms with Gasteiger partial charge in [0.1, 0.15) is 10.7 Å². The Labute approximate surface area is 187 Å². The van der Waals surface area contributed by atoms with Gasteiger partial charge in [-0.15, -0.1) is 4.40 Å². The number of carbonyl (C=O) groups excluding carboxylic acids is 2. The number of sulfonamides is 1. The van der Waals surface area contributed by atoms with Crippen molar-refractivity contribution < 1.29 is 18.0 Å². The molecule has 2 aliphatic heterocycles. The van der Waals surface area contributed by atoms with Crippen LogP contribution in [0.4, 0.5) is 5.82 Å². The molecule has 2 aliphatic rings. The van der Waals surface area contributed by atoms with Crippen LogP contribution in [-0.4, -0.2) is 67.5 Å². The minimum atomic E-state index is -3.71. The number of fused-ring (bicyclic) bond motifs is 1. The molecule has 2 amide bonds. The monoisotopic (exact) mass is 455 g/mol. The van der Waals surface area contributed by atoms with Crippen LogP contribution in [0.25, 0.3) is 0 Å². The molecular weight excluding hydrogens is 430 g/mol. The zero-order chi connectivity index (χ0) is 22.9. The van der Waals surface area contributed by atoms with E-state index in [1.54, 1.807) is 43.6 Å². The first-order valence-corrected chi connectivity index (χ1v) is 11.9. The van der Waals surface area contributed by atoms with Gasteiger partial charge < -0.3 is 15.1 Å². The molecule has 0 saturated carbocycles. The van der Waals surface area contributed by atoms with E-state index in [2.05, 4.69) is 14.7 Å². The molecule has 2 aromatic rings. The number of likely N-dealkylation sites (N-methyl/N-ethyl adjacent to an activating group) is 1. The normalized spacial score (nSPS) is 19.1. The first-order valence-electron chi connectivity index (χ1n) is 10.4. The number of carbonyl (C=O) groups is 2. The van der Waals surface area contributed by atoms with Crippen LogP contribution in [0, 0.1) is 12.8 Å². The Bertz CT molecular complexity index is 1190. The Balaban J connectivity index is 1.41. The quantitative estimate of drug-likeness (QED) is 0.750. The summed E-state index contributed by atoms with van der Waals surface area (Å²) < 4.78 is 28.7. The van der Waals surface area contributed by atoms with E-state index in [0.29, 0.717) is 36.7 Å². The van der Waals surface area contributed by atoms with Crippen molar-refractivity contribution in [3.63, 3.8) is 0 Å². The van der Waals surface area contributed by atoms with Crippen LogP contribution in [0.5, 0.6) is 0 Å². The van der Waals surface area contributed by atoms with Gasteiger partial charge in [0.05, 0.1) is 12.5 Å². The molecule has 1 unspecified atom stereocenters. The zero-order valence-corrected chi connectivity index (χ0v) is 18.8. The lowest BCUT2D eigenvalue weighted by Gasteiger charge is -2.35. The number of nitrogens with one attached hydrogen (secondary N) is 1. The van der Waals surface area contributed by atoms with Gasteiger partial charge in [-0.05, 0) is 49.6 Å². The van der Waals surface area contributed by atoms with E-state index in [4.69, 9.17) is 0 Å². The van der Waals surface area contributed by atoms with E-state index in [-0.39, 0.29) is 29.2 Å². The Kier molecular flexibility index (Phi) is 5.96. The van der Waals surface area contributed by atoms with Gasteiger partial charge >= 0.3 is 0 Å². The van der Waals surface area contributed by atoms with Gasteiger partial charge in [0.2, 0.25) is 11.8 Å². The largest absolute Gasteiger partial charge is 0.355 e. The Morgan fingerprint density at radius 3 is 2.81 bits per heavy atom. The number of anilines is 1. The number of hydrogen-bond donors (Lipinski definition) is 1. The van der Waals surface area contributed by atoms with Gasteiger partial charge in [0, 0.05) is 31.9 Å². The Morgan fingerprint density at radius 1 is 1.25 bits per heavy atom. The van der Waals surface area contributed by atoms with Crippen molar-refractivity contribution in [1.29, 1.82) is 0 Å². The minimum absolute atomic E-state index is 0.0941. The van der Waals surface area contributed by atoms with Crippen molar-refractivity contribution >= 4 is 33.5 Å². The van der Waals surface area contributed by atoms with Gasteiger partial charge in [-0.3, -0.25) is 9.59 Å². The SMILES string of the molecule is Cc1ccnc(NC(=O)CN(C)C(=O)C2CCCN(C3=NS(=O)(=O)c4ccccc43)C2)c1. The van der Waals surface area contributed by atoms with Crippen LogP contribution < -0.4 is 5.32 Å². The van der Waals surface area contributed by atoms with Gasteiger partial charge in [-0.2, -0.15) is 8.42 Å². The molecule has 1 fully saturated rings. The molecule has 1 saturated heterocycles. The zero-order valence-electron chi connectivity index (χ0n) is 18.0. The first-order chi connectivity index (χ1) is 15.2. The average Bonchev–Trinajstić information content (AvgIpc) is 3.04. The predicted octanol–water partition coefficient (Wildman–Crippen LogP) is 1.65. The highest BCUT2D eigenvalue weighted by Crippen LogP contribution is 2.30. The minimum Gasteiger partial charge on any atom is -0.355 e. The van der Waals surface area contributed by atoms with Crippen molar-refractivity contribution in [2.75, 3.05) is 32.0 Å². The van der Waals surface area contributed by atoms with E-state index >= 15 is 0 Å². The number of amides is 2. The molecular formula is C22H25N5O4S. The third kappa shape index (κ3) is 4.50. The lowest BCUT2D eigenvalue weighted by atomic mass is 9.96. The molecule has 0 bridgehead atoms. The number of amidine groups is 1. The second-order valence-corrected chi connectivity index (χ2v) is 9.70. The van der Waals surface area contributed by atoms with E-state index < -0.39 is 10.0 Å². The summed E-state index contributed by atoms with van der Waals surface area (Å²) in [5.41, 5.74) is 1.54. The fraction of sp³-hybridized carbons (Fsp3) is 0.364. The standard InChI is InChI=1S/C22H25N5O4S/c1-15-9-10-23-19(12-15)24-20(28)14-26(2)22(29)16-6-5-11-27(13-16)21-17-7-3-4-8-18(17)32(30,31)25-21/h3-4,7-10,12,16H,5-6,11,13-14H2,1-2H3,(H,23,24,28). The average molecular weight is 456 g/mol. The molecule has 4 rings (SSSR count). The number of pyridine rings is 1. The summed E-state index contributed by atoms with van der Waals surface area (Å²) in [6.07, 6.45) is 3.01. The van der Waals surface area contributed by atoms with Gasteiger partial charge in [-0.1, -0.05) is 12.1 Å². The Morgan fingerprint density at radius 2 is 2.03 bits per heavy atom. The van der Waals surface area contributed by atoms with E-state index in [1.807, 2.05) is 17.9 Å². The second kappa shape index (κ2) is 8.70. The molecule has 1 aromatic heterocycles. The van der Waals surface area contributed by atoms with Crippen LogP contribution in [0.15, 0.2) is 51.9 Å². The van der Waals surface area contributed by atoms with Crippen molar-refractivity contribution in [3.05, 3.63) is 53.7 Å². The molecule has 1 aromatic carbocycles. The van der Waals surface area contributed by atoms with Gasteiger partial charge in [0.25, 0.3) is 10.0 Å². The van der Waals surface area contributed by atoms with Crippen LogP contribution in [0.3, 0.4) is 0 Å². The van der Waals surface area contributed by atoms with Crippen molar-refractivity contribution in [1.82, 2.24) is 14.8 Å². The fourth-order valence-corrected chi connectivity index (χ4v) is 5.31. The molecule has 0 spiro atoms. The van der Waals surface area contributed by atoms with Crippen molar-refractivity contribution in [3.8, 4) is 0 Å².